The second-order valence-electron chi connectivity index (χ2n) is 7.22. The molecule has 1 fully saturated rings. The van der Waals surface area contributed by atoms with E-state index < -0.39 is 10.0 Å². The van der Waals surface area contributed by atoms with Gasteiger partial charge in [-0.15, -0.1) is 0 Å². The number of benzene rings is 1. The van der Waals surface area contributed by atoms with E-state index in [1.54, 1.807) is 24.3 Å². The summed E-state index contributed by atoms with van der Waals surface area (Å²) in [6.07, 6.45) is 3.56. The summed E-state index contributed by atoms with van der Waals surface area (Å²) < 4.78 is 27.2. The minimum absolute atomic E-state index is 0.0131. The number of amides is 1. The van der Waals surface area contributed by atoms with E-state index in [0.29, 0.717) is 24.6 Å². The van der Waals surface area contributed by atoms with Crippen molar-refractivity contribution in [1.29, 1.82) is 0 Å². The van der Waals surface area contributed by atoms with Crippen LogP contribution in [-0.4, -0.2) is 63.3 Å². The number of carbonyl (C=O) groups excluding carboxylic acids is 1. The predicted molar refractivity (Wildman–Crippen MR) is 108 cm³/mol. The molecule has 2 rings (SSSR count). The maximum Gasteiger partial charge on any atom is 0.253 e. The number of hydrogen-bond acceptors (Lipinski definition) is 4. The zero-order valence-corrected chi connectivity index (χ0v) is 17.6. The van der Waals surface area contributed by atoms with Crippen LogP contribution in [0.3, 0.4) is 0 Å². The third-order valence-corrected chi connectivity index (χ3v) is 6.99. The van der Waals surface area contributed by atoms with Gasteiger partial charge in [0.2, 0.25) is 10.0 Å². The first-order valence-corrected chi connectivity index (χ1v) is 11.4. The molecule has 1 N–H and O–H groups in total. The lowest BCUT2D eigenvalue weighted by Crippen LogP contribution is -2.40. The normalized spacial score (nSPS) is 16.1. The molecule has 0 radical (unpaired) electrons. The molecule has 1 aliphatic heterocycles. The summed E-state index contributed by atoms with van der Waals surface area (Å²) in [5.41, 5.74) is 0.554. The number of carbonyl (C=O) groups is 1. The Morgan fingerprint density at radius 3 is 2.15 bits per heavy atom. The fraction of sp³-hybridized carbons (Fsp3) is 0.650. The minimum Gasteiger partial charge on any atom is -0.339 e. The first-order chi connectivity index (χ1) is 12.9. The minimum atomic E-state index is -3.50. The molecule has 27 heavy (non-hydrogen) atoms. The van der Waals surface area contributed by atoms with Crippen LogP contribution in [0.5, 0.6) is 0 Å². The summed E-state index contributed by atoms with van der Waals surface area (Å²) in [5, 5.41) is 3.20. The van der Waals surface area contributed by atoms with Gasteiger partial charge in [-0.25, -0.2) is 8.42 Å². The van der Waals surface area contributed by atoms with Crippen molar-refractivity contribution in [2.24, 2.45) is 5.92 Å². The molecule has 0 aromatic heterocycles. The lowest BCUT2D eigenvalue weighted by molar-refractivity contribution is 0.0691. The van der Waals surface area contributed by atoms with E-state index in [2.05, 4.69) is 5.32 Å². The number of nitrogens with one attached hydrogen (secondary N) is 1. The van der Waals surface area contributed by atoms with Crippen LogP contribution in [0.15, 0.2) is 29.2 Å². The number of likely N-dealkylation sites (tertiary alicyclic amines) is 1. The topological polar surface area (TPSA) is 69.7 Å². The molecule has 0 atom stereocenters. The number of nitrogens with zero attached hydrogens (tertiary/aromatic N) is 2. The molecule has 6 nitrogen and oxygen atoms in total. The molecule has 152 valence electrons. The first-order valence-electron chi connectivity index (χ1n) is 9.98. The highest BCUT2D eigenvalue weighted by Gasteiger charge is 2.25. The van der Waals surface area contributed by atoms with E-state index in [1.165, 1.54) is 4.31 Å². The molecule has 1 saturated heterocycles. The molecular formula is C20H33N3O3S. The van der Waals surface area contributed by atoms with Crippen molar-refractivity contribution in [3.05, 3.63) is 29.8 Å². The SMILES string of the molecule is CCCN(CCC)S(=O)(=O)c1ccc(C(=O)N2CCC(CNC)CC2)cc1. The fourth-order valence-corrected chi connectivity index (χ4v) is 5.20. The zero-order chi connectivity index (χ0) is 19.9. The summed E-state index contributed by atoms with van der Waals surface area (Å²) in [5.74, 6) is 0.607. The molecule has 0 unspecified atom stereocenters. The molecule has 0 aliphatic carbocycles. The van der Waals surface area contributed by atoms with Crippen LogP contribution in [0, 0.1) is 5.92 Å². The molecule has 1 amide bonds. The number of rotatable bonds is 9. The standard InChI is InChI=1S/C20H33N3O3S/c1-4-12-23(13-5-2)27(25,26)19-8-6-18(7-9-19)20(24)22-14-10-17(11-15-22)16-21-3/h6-9,17,21H,4-5,10-16H2,1-3H3. The molecule has 0 spiro atoms. The Bertz CT molecular complexity index is 690. The van der Waals surface area contributed by atoms with Gasteiger partial charge in [-0.1, -0.05) is 13.8 Å². The number of piperidine rings is 1. The Hall–Kier alpha value is -1.44. The van der Waals surface area contributed by atoms with Crippen LogP contribution in [0.1, 0.15) is 49.9 Å². The Morgan fingerprint density at radius 2 is 1.67 bits per heavy atom. The van der Waals surface area contributed by atoms with Gasteiger partial charge < -0.3 is 10.2 Å². The van der Waals surface area contributed by atoms with E-state index >= 15 is 0 Å². The smallest absolute Gasteiger partial charge is 0.253 e. The average Bonchev–Trinajstić information content (AvgIpc) is 2.68. The third-order valence-electron chi connectivity index (χ3n) is 5.08. The predicted octanol–water partition coefficient (Wildman–Crippen LogP) is 2.57. The van der Waals surface area contributed by atoms with Gasteiger partial charge in [-0.3, -0.25) is 4.79 Å². The van der Waals surface area contributed by atoms with E-state index in [4.69, 9.17) is 0 Å². The van der Waals surface area contributed by atoms with Gasteiger partial charge in [-0.05, 0) is 69.5 Å². The highest BCUT2D eigenvalue weighted by Crippen LogP contribution is 2.21. The Labute approximate surface area is 164 Å². The van der Waals surface area contributed by atoms with Crippen LogP contribution in [0.4, 0.5) is 0 Å². The highest BCUT2D eigenvalue weighted by atomic mass is 32.2. The van der Waals surface area contributed by atoms with Gasteiger partial charge in [0.25, 0.3) is 5.91 Å². The highest BCUT2D eigenvalue weighted by molar-refractivity contribution is 7.89. The van der Waals surface area contributed by atoms with Gasteiger partial charge in [0.15, 0.2) is 0 Å². The van der Waals surface area contributed by atoms with Crippen LogP contribution in [-0.2, 0) is 10.0 Å². The second-order valence-corrected chi connectivity index (χ2v) is 9.16. The van der Waals surface area contributed by atoms with Crippen LogP contribution >= 0.6 is 0 Å². The van der Waals surface area contributed by atoms with E-state index in [0.717, 1.165) is 45.3 Å². The van der Waals surface area contributed by atoms with E-state index in [1.807, 2.05) is 25.8 Å². The zero-order valence-electron chi connectivity index (χ0n) is 16.8. The summed E-state index contributed by atoms with van der Waals surface area (Å²) >= 11 is 0. The average molecular weight is 396 g/mol. The molecule has 1 heterocycles. The largest absolute Gasteiger partial charge is 0.339 e. The Balaban J connectivity index is 2.07. The quantitative estimate of drug-likeness (QED) is 0.698. The third kappa shape index (κ3) is 5.53. The molecule has 7 heteroatoms. The molecule has 1 aromatic carbocycles. The summed E-state index contributed by atoms with van der Waals surface area (Å²) in [7, 11) is -1.55. The lowest BCUT2D eigenvalue weighted by atomic mass is 9.96. The van der Waals surface area contributed by atoms with Gasteiger partial charge in [-0.2, -0.15) is 4.31 Å². The molecule has 1 aliphatic rings. The maximum atomic E-state index is 12.8. The van der Waals surface area contributed by atoms with Gasteiger partial charge in [0.05, 0.1) is 4.90 Å². The van der Waals surface area contributed by atoms with E-state index in [-0.39, 0.29) is 10.8 Å². The van der Waals surface area contributed by atoms with Crippen LogP contribution in [0.2, 0.25) is 0 Å². The summed E-state index contributed by atoms with van der Waals surface area (Å²) in [6, 6.07) is 6.42. The fourth-order valence-electron chi connectivity index (χ4n) is 3.58. The molecule has 1 aromatic rings. The van der Waals surface area contributed by atoms with Crippen molar-refractivity contribution in [3.8, 4) is 0 Å². The first kappa shape index (κ1) is 21.9. The van der Waals surface area contributed by atoms with Crippen molar-refractivity contribution in [1.82, 2.24) is 14.5 Å². The lowest BCUT2D eigenvalue weighted by Gasteiger charge is -2.32. The second kappa shape index (κ2) is 10.2. The number of sulfonamides is 1. The molecule has 0 saturated carbocycles. The van der Waals surface area contributed by atoms with Crippen molar-refractivity contribution in [2.75, 3.05) is 39.8 Å². The van der Waals surface area contributed by atoms with E-state index in [9.17, 15) is 13.2 Å². The van der Waals surface area contributed by atoms with Crippen LogP contribution in [0.25, 0.3) is 0 Å². The monoisotopic (exact) mass is 395 g/mol. The number of hydrogen-bond donors (Lipinski definition) is 1. The Morgan fingerprint density at radius 1 is 1.11 bits per heavy atom. The summed E-state index contributed by atoms with van der Waals surface area (Å²) in [6.45, 7) is 7.47. The van der Waals surface area contributed by atoms with Crippen molar-refractivity contribution >= 4 is 15.9 Å². The molecule has 0 bridgehead atoms. The van der Waals surface area contributed by atoms with Gasteiger partial charge in [0.1, 0.15) is 0 Å². The maximum absolute atomic E-state index is 12.8. The van der Waals surface area contributed by atoms with Gasteiger partial charge in [0, 0.05) is 31.7 Å². The van der Waals surface area contributed by atoms with Crippen LogP contribution < -0.4 is 5.32 Å². The van der Waals surface area contributed by atoms with Crippen molar-refractivity contribution < 1.29 is 13.2 Å². The molecular weight excluding hydrogens is 362 g/mol. The Kier molecular flexibility index (Phi) is 8.26. The van der Waals surface area contributed by atoms with Crippen molar-refractivity contribution in [2.45, 2.75) is 44.4 Å². The summed E-state index contributed by atoms with van der Waals surface area (Å²) in [4.78, 5) is 14.8. The van der Waals surface area contributed by atoms with Gasteiger partial charge >= 0.3 is 0 Å². The van der Waals surface area contributed by atoms with Crippen molar-refractivity contribution in [3.63, 3.8) is 0 Å².